The standard InChI is InChI=1S/C10H19N5S.ClH/c1-10(2,3)15-9(11-12-13-15)8-14-4-6-16-7-5-14;/h4-8H2,1-3H3;1H/p-1. The minimum Gasteiger partial charge on any atom is -1.00 e. The first kappa shape index (κ1) is 14.7. The maximum atomic E-state index is 4.13. The molecule has 1 saturated heterocycles. The van der Waals surface area contributed by atoms with E-state index in [1.54, 1.807) is 0 Å². The number of tetrazole rings is 1. The molecule has 0 radical (unpaired) electrons. The minimum absolute atomic E-state index is 0. The first-order valence-electron chi connectivity index (χ1n) is 5.65. The van der Waals surface area contributed by atoms with Gasteiger partial charge in [0.2, 0.25) is 0 Å². The van der Waals surface area contributed by atoms with Crippen LogP contribution in [-0.4, -0.2) is 49.7 Å². The summed E-state index contributed by atoms with van der Waals surface area (Å²) in [4.78, 5) is 2.42. The lowest BCUT2D eigenvalue weighted by Gasteiger charge is -2.27. The third-order valence-corrected chi connectivity index (χ3v) is 3.58. The Kier molecular flexibility index (Phi) is 5.22. The van der Waals surface area contributed by atoms with Gasteiger partial charge in [-0.05, 0) is 31.2 Å². The Labute approximate surface area is 113 Å². The molecule has 5 nitrogen and oxygen atoms in total. The summed E-state index contributed by atoms with van der Waals surface area (Å²) < 4.78 is 1.93. The van der Waals surface area contributed by atoms with Gasteiger partial charge in [-0.3, -0.25) is 4.90 Å². The molecule has 1 aliphatic heterocycles. The topological polar surface area (TPSA) is 46.8 Å². The third-order valence-electron chi connectivity index (χ3n) is 2.64. The minimum atomic E-state index is -0.0383. The van der Waals surface area contributed by atoms with E-state index in [0.717, 1.165) is 25.5 Å². The van der Waals surface area contributed by atoms with Crippen LogP contribution in [0.1, 0.15) is 26.6 Å². The molecule has 1 fully saturated rings. The van der Waals surface area contributed by atoms with Crippen LogP contribution in [0.25, 0.3) is 0 Å². The molecule has 1 aromatic rings. The van der Waals surface area contributed by atoms with E-state index in [-0.39, 0.29) is 17.9 Å². The van der Waals surface area contributed by atoms with Crippen molar-refractivity contribution in [3.05, 3.63) is 5.82 Å². The van der Waals surface area contributed by atoms with Gasteiger partial charge >= 0.3 is 0 Å². The predicted octanol–water partition coefficient (Wildman–Crippen LogP) is -2.02. The van der Waals surface area contributed by atoms with Gasteiger partial charge in [0.05, 0.1) is 12.1 Å². The van der Waals surface area contributed by atoms with Crippen molar-refractivity contribution in [2.45, 2.75) is 32.9 Å². The molecule has 98 valence electrons. The van der Waals surface area contributed by atoms with Gasteiger partial charge in [0.15, 0.2) is 5.82 Å². The molecule has 0 N–H and O–H groups in total. The van der Waals surface area contributed by atoms with Gasteiger partial charge in [0.1, 0.15) is 0 Å². The number of rotatable bonds is 2. The maximum absolute atomic E-state index is 4.13. The van der Waals surface area contributed by atoms with Crippen molar-refractivity contribution in [2.75, 3.05) is 24.6 Å². The molecule has 7 heteroatoms. The van der Waals surface area contributed by atoms with Crippen LogP contribution in [0.3, 0.4) is 0 Å². The first-order valence-corrected chi connectivity index (χ1v) is 6.81. The molecule has 0 atom stereocenters. The first-order chi connectivity index (χ1) is 7.57. The molecule has 0 saturated carbocycles. The highest BCUT2D eigenvalue weighted by Crippen LogP contribution is 2.16. The summed E-state index contributed by atoms with van der Waals surface area (Å²) in [5, 5.41) is 12.0. The summed E-state index contributed by atoms with van der Waals surface area (Å²) in [7, 11) is 0. The average molecular weight is 277 g/mol. The van der Waals surface area contributed by atoms with Crippen molar-refractivity contribution in [1.29, 1.82) is 0 Å². The number of aromatic nitrogens is 4. The van der Waals surface area contributed by atoms with Crippen LogP contribution in [0.5, 0.6) is 0 Å². The van der Waals surface area contributed by atoms with E-state index < -0.39 is 0 Å². The predicted molar refractivity (Wildman–Crippen MR) is 65.4 cm³/mol. The lowest BCUT2D eigenvalue weighted by Crippen LogP contribution is -3.00. The fourth-order valence-corrected chi connectivity index (χ4v) is 2.76. The second-order valence-corrected chi connectivity index (χ2v) is 6.29. The molecule has 0 bridgehead atoms. The van der Waals surface area contributed by atoms with Crippen LogP contribution in [0.2, 0.25) is 0 Å². The van der Waals surface area contributed by atoms with Crippen molar-refractivity contribution in [1.82, 2.24) is 25.1 Å². The third kappa shape index (κ3) is 3.82. The molecular weight excluding hydrogens is 258 g/mol. The van der Waals surface area contributed by atoms with Gasteiger partial charge in [-0.1, -0.05) is 0 Å². The van der Waals surface area contributed by atoms with E-state index in [0.29, 0.717) is 0 Å². The zero-order valence-corrected chi connectivity index (χ0v) is 12.1. The molecule has 2 rings (SSSR count). The molecule has 2 heterocycles. The van der Waals surface area contributed by atoms with Crippen LogP contribution >= 0.6 is 11.8 Å². The quantitative estimate of drug-likeness (QED) is 0.624. The Morgan fingerprint density at radius 2 is 1.88 bits per heavy atom. The van der Waals surface area contributed by atoms with Gasteiger partial charge in [0.25, 0.3) is 0 Å². The zero-order chi connectivity index (χ0) is 11.6. The van der Waals surface area contributed by atoms with Crippen molar-refractivity contribution in [3.8, 4) is 0 Å². The van der Waals surface area contributed by atoms with Gasteiger partial charge in [-0.15, -0.1) is 5.10 Å². The highest BCUT2D eigenvalue weighted by molar-refractivity contribution is 7.99. The molecule has 0 spiro atoms. The summed E-state index contributed by atoms with van der Waals surface area (Å²) in [5.74, 6) is 3.41. The van der Waals surface area contributed by atoms with Crippen LogP contribution in [-0.2, 0) is 12.1 Å². The Bertz CT molecular complexity index is 343. The van der Waals surface area contributed by atoms with Crippen molar-refractivity contribution in [3.63, 3.8) is 0 Å². The van der Waals surface area contributed by atoms with E-state index >= 15 is 0 Å². The van der Waals surface area contributed by atoms with Crippen LogP contribution in [0.4, 0.5) is 0 Å². The lowest BCUT2D eigenvalue weighted by atomic mass is 10.1. The molecule has 0 unspecified atom stereocenters. The molecule has 17 heavy (non-hydrogen) atoms. The van der Waals surface area contributed by atoms with Crippen molar-refractivity contribution < 1.29 is 12.4 Å². The smallest absolute Gasteiger partial charge is 0.165 e. The fraction of sp³-hybridized carbons (Fsp3) is 0.900. The van der Waals surface area contributed by atoms with Crippen LogP contribution in [0, 0.1) is 0 Å². The molecule has 0 aliphatic carbocycles. The van der Waals surface area contributed by atoms with E-state index in [1.165, 1.54) is 11.5 Å². The second kappa shape index (κ2) is 6.02. The number of thioether (sulfide) groups is 1. The number of hydrogen-bond donors (Lipinski definition) is 0. The highest BCUT2D eigenvalue weighted by Gasteiger charge is 2.21. The molecule has 1 aromatic heterocycles. The summed E-state index contributed by atoms with van der Waals surface area (Å²) in [6.07, 6.45) is 0. The monoisotopic (exact) mass is 276 g/mol. The van der Waals surface area contributed by atoms with E-state index in [2.05, 4.69) is 41.2 Å². The number of halogens is 1. The second-order valence-electron chi connectivity index (χ2n) is 5.07. The summed E-state index contributed by atoms with van der Waals surface area (Å²) >= 11 is 2.02. The molecule has 0 amide bonds. The van der Waals surface area contributed by atoms with E-state index in [1.807, 2.05) is 16.4 Å². The fourth-order valence-electron chi connectivity index (χ4n) is 1.78. The maximum Gasteiger partial charge on any atom is 0.165 e. The normalized spacial score (nSPS) is 17.8. The molecule has 0 aromatic carbocycles. The SMILES string of the molecule is CC(C)(C)n1nnnc1CN1CCSCC1.[Cl-]. The van der Waals surface area contributed by atoms with Gasteiger partial charge in [0, 0.05) is 24.6 Å². The van der Waals surface area contributed by atoms with Crippen LogP contribution in [0.15, 0.2) is 0 Å². The van der Waals surface area contributed by atoms with Gasteiger partial charge in [-0.2, -0.15) is 11.8 Å². The lowest BCUT2D eigenvalue weighted by molar-refractivity contribution is -0.00000430. The van der Waals surface area contributed by atoms with Gasteiger partial charge in [-0.25, -0.2) is 4.68 Å². The van der Waals surface area contributed by atoms with Gasteiger partial charge < -0.3 is 12.4 Å². The Morgan fingerprint density at radius 3 is 2.47 bits per heavy atom. The van der Waals surface area contributed by atoms with Crippen molar-refractivity contribution >= 4 is 11.8 Å². The summed E-state index contributed by atoms with van der Waals surface area (Å²) in [6, 6.07) is 0. The number of nitrogens with zero attached hydrogens (tertiary/aromatic N) is 5. The summed E-state index contributed by atoms with van der Waals surface area (Å²) in [5.41, 5.74) is -0.0383. The highest BCUT2D eigenvalue weighted by atomic mass is 35.5. The zero-order valence-electron chi connectivity index (χ0n) is 10.6. The average Bonchev–Trinajstić information content (AvgIpc) is 2.67. The largest absolute Gasteiger partial charge is 1.00 e. The van der Waals surface area contributed by atoms with E-state index in [9.17, 15) is 0 Å². The molecule has 1 aliphatic rings. The Balaban J connectivity index is 0.00000144. The number of hydrogen-bond acceptors (Lipinski definition) is 5. The molecular formula is C10H19ClN5S-. The Morgan fingerprint density at radius 1 is 1.24 bits per heavy atom. The van der Waals surface area contributed by atoms with E-state index in [4.69, 9.17) is 0 Å². The van der Waals surface area contributed by atoms with Crippen LogP contribution < -0.4 is 12.4 Å². The Hall–Kier alpha value is -0.330. The van der Waals surface area contributed by atoms with Crippen molar-refractivity contribution in [2.24, 2.45) is 0 Å². The summed E-state index contributed by atoms with van der Waals surface area (Å²) in [6.45, 7) is 9.52.